The monoisotopic (exact) mass is 532 g/mol. The summed E-state index contributed by atoms with van der Waals surface area (Å²) in [5.74, 6) is 4.12. The molecule has 1 amide bonds. The Hall–Kier alpha value is -4.21. The number of nitrogens with zero attached hydrogens (tertiary/aromatic N) is 1. The Bertz CT molecular complexity index is 1690. The Balaban J connectivity index is 1.39. The standard InChI is InChI=1S/C34H32N2O4/c1-4-27-34(38)20-24-23-12-8-9-13-25(23)35-30(24)32-33(34,29-21(2)14-16-26(39-3)31(29)40-32)18-19-36(27)28(37)17-15-22-10-6-5-7-11-22/h1,5-14,16,27,32,35,38H,15,17-20H2,2-3H3/t27-,32+,33+,34-/m1/s1. The number of aryl methyl sites for hydroxylation is 2. The molecule has 40 heavy (non-hydrogen) atoms. The number of hydrogen-bond acceptors (Lipinski definition) is 4. The topological polar surface area (TPSA) is 74.8 Å². The summed E-state index contributed by atoms with van der Waals surface area (Å²) in [5, 5.41) is 14.1. The third-order valence-corrected chi connectivity index (χ3v) is 9.47. The number of aromatic amines is 1. The van der Waals surface area contributed by atoms with Gasteiger partial charge in [0.25, 0.3) is 0 Å². The largest absolute Gasteiger partial charge is 0.493 e. The predicted molar refractivity (Wildman–Crippen MR) is 153 cm³/mol. The molecule has 3 aliphatic rings. The average Bonchev–Trinajstić information content (AvgIpc) is 3.52. The lowest BCUT2D eigenvalue weighted by Gasteiger charge is -2.58. The second kappa shape index (κ2) is 8.90. The maximum atomic E-state index is 13.7. The normalized spacial score (nSPS) is 26.2. The summed E-state index contributed by atoms with van der Waals surface area (Å²) >= 11 is 0. The van der Waals surface area contributed by atoms with Gasteiger partial charge in [0.15, 0.2) is 17.6 Å². The molecule has 7 rings (SSSR count). The van der Waals surface area contributed by atoms with E-state index in [9.17, 15) is 9.90 Å². The van der Waals surface area contributed by atoms with E-state index in [1.807, 2.05) is 67.6 Å². The Morgan fingerprint density at radius 1 is 1.18 bits per heavy atom. The van der Waals surface area contributed by atoms with E-state index >= 15 is 0 Å². The summed E-state index contributed by atoms with van der Waals surface area (Å²) < 4.78 is 12.5. The summed E-state index contributed by atoms with van der Waals surface area (Å²) in [4.78, 5) is 19.1. The first-order valence-corrected chi connectivity index (χ1v) is 13.9. The van der Waals surface area contributed by atoms with Crippen LogP contribution in [0.15, 0.2) is 66.7 Å². The van der Waals surface area contributed by atoms with Crippen LogP contribution in [0.2, 0.25) is 0 Å². The number of terminal acetylenes is 1. The van der Waals surface area contributed by atoms with Gasteiger partial charge in [-0.05, 0) is 48.6 Å². The second-order valence-corrected chi connectivity index (χ2v) is 11.3. The third-order valence-electron chi connectivity index (χ3n) is 9.47. The molecule has 4 atom stereocenters. The predicted octanol–water partition coefficient (Wildman–Crippen LogP) is 5.01. The van der Waals surface area contributed by atoms with E-state index in [0.29, 0.717) is 43.7 Å². The molecule has 0 bridgehead atoms. The number of carbonyl (C=O) groups is 1. The van der Waals surface area contributed by atoms with E-state index in [2.05, 4.69) is 17.0 Å². The maximum absolute atomic E-state index is 13.7. The van der Waals surface area contributed by atoms with Gasteiger partial charge in [-0.25, -0.2) is 0 Å². The third kappa shape index (κ3) is 3.19. The molecule has 202 valence electrons. The summed E-state index contributed by atoms with van der Waals surface area (Å²) in [5.41, 5.74) is 3.65. The zero-order valence-corrected chi connectivity index (χ0v) is 22.7. The fourth-order valence-corrected chi connectivity index (χ4v) is 7.69. The van der Waals surface area contributed by atoms with Gasteiger partial charge in [-0.3, -0.25) is 4.79 Å². The Morgan fingerprint density at radius 2 is 1.95 bits per heavy atom. The van der Waals surface area contributed by atoms with Crippen LogP contribution in [0.1, 0.15) is 46.9 Å². The lowest BCUT2D eigenvalue weighted by atomic mass is 9.52. The molecule has 1 aliphatic carbocycles. The SMILES string of the molecule is C#C[C@H]1N(C(=O)CCc2ccccc2)CC[C@]23c4c(C)ccc(OC)c4O[C@H]2c2[nH]c4ccccc4c2C[C@@]13O. The van der Waals surface area contributed by atoms with Crippen molar-refractivity contribution in [3.8, 4) is 23.8 Å². The number of piperidine rings is 1. The molecule has 2 N–H and O–H groups in total. The quantitative estimate of drug-likeness (QED) is 0.363. The molecular formula is C34H32N2O4. The lowest BCUT2D eigenvalue weighted by Crippen LogP contribution is -2.72. The molecule has 2 aliphatic heterocycles. The molecule has 0 saturated carbocycles. The van der Waals surface area contributed by atoms with Gasteiger partial charge in [0, 0.05) is 35.9 Å². The number of hydrogen-bond donors (Lipinski definition) is 2. The van der Waals surface area contributed by atoms with Crippen molar-refractivity contribution in [3.63, 3.8) is 0 Å². The number of methoxy groups -OCH3 is 1. The highest BCUT2D eigenvalue weighted by molar-refractivity contribution is 5.86. The summed E-state index contributed by atoms with van der Waals surface area (Å²) in [6.45, 7) is 2.47. The molecule has 6 nitrogen and oxygen atoms in total. The van der Waals surface area contributed by atoms with Gasteiger partial charge in [-0.2, -0.15) is 0 Å². The lowest BCUT2D eigenvalue weighted by molar-refractivity contribution is -0.168. The zero-order chi connectivity index (χ0) is 27.6. The highest BCUT2D eigenvalue weighted by atomic mass is 16.5. The van der Waals surface area contributed by atoms with Gasteiger partial charge in [0.2, 0.25) is 5.91 Å². The van der Waals surface area contributed by atoms with Crippen LogP contribution in [0.4, 0.5) is 0 Å². The van der Waals surface area contributed by atoms with Crippen molar-refractivity contribution >= 4 is 16.8 Å². The van der Waals surface area contributed by atoms with Crippen molar-refractivity contribution in [2.45, 2.75) is 55.8 Å². The number of para-hydroxylation sites is 1. The highest BCUT2D eigenvalue weighted by Crippen LogP contribution is 2.66. The van der Waals surface area contributed by atoms with Crippen molar-refractivity contribution in [2.75, 3.05) is 13.7 Å². The number of ether oxygens (including phenoxy) is 2. The number of rotatable bonds is 4. The van der Waals surface area contributed by atoms with Crippen LogP contribution >= 0.6 is 0 Å². The number of amides is 1. The van der Waals surface area contributed by atoms with Crippen LogP contribution in [0.25, 0.3) is 10.9 Å². The number of H-pyrrole nitrogens is 1. The first-order valence-electron chi connectivity index (χ1n) is 13.9. The van der Waals surface area contributed by atoms with Crippen LogP contribution in [-0.4, -0.2) is 46.2 Å². The number of benzene rings is 3. The van der Waals surface area contributed by atoms with Crippen molar-refractivity contribution < 1.29 is 19.4 Å². The van der Waals surface area contributed by atoms with Gasteiger partial charge in [-0.15, -0.1) is 6.42 Å². The Labute approximate surface area is 233 Å². The van der Waals surface area contributed by atoms with Crippen LogP contribution in [0, 0.1) is 19.3 Å². The van der Waals surface area contributed by atoms with Gasteiger partial charge in [0.05, 0.1) is 18.2 Å². The fraction of sp³-hybridized carbons (Fsp3) is 0.324. The second-order valence-electron chi connectivity index (χ2n) is 11.3. The van der Waals surface area contributed by atoms with Crippen molar-refractivity contribution in [1.82, 2.24) is 9.88 Å². The van der Waals surface area contributed by atoms with Crippen LogP contribution < -0.4 is 9.47 Å². The molecule has 3 aromatic carbocycles. The number of carbonyl (C=O) groups excluding carboxylic acids is 1. The smallest absolute Gasteiger partial charge is 0.224 e. The first kappa shape index (κ1) is 24.8. The summed E-state index contributed by atoms with van der Waals surface area (Å²) in [7, 11) is 1.63. The molecule has 0 radical (unpaired) electrons. The van der Waals surface area contributed by atoms with Crippen LogP contribution in [-0.2, 0) is 23.1 Å². The molecule has 1 aromatic heterocycles. The van der Waals surface area contributed by atoms with E-state index in [-0.39, 0.29) is 5.91 Å². The van der Waals surface area contributed by atoms with Crippen molar-refractivity contribution in [3.05, 3.63) is 94.7 Å². The van der Waals surface area contributed by atoms with E-state index in [1.165, 1.54) is 0 Å². The summed E-state index contributed by atoms with van der Waals surface area (Å²) in [6, 6.07) is 21.2. The number of aliphatic hydroxyl groups is 1. The van der Waals surface area contributed by atoms with Gasteiger partial charge in [-0.1, -0.05) is 60.5 Å². The number of aromatic nitrogens is 1. The minimum absolute atomic E-state index is 0.0437. The molecule has 0 unspecified atom stereocenters. The van der Waals surface area contributed by atoms with E-state index < -0.39 is 23.2 Å². The highest BCUT2D eigenvalue weighted by Gasteiger charge is 2.71. The van der Waals surface area contributed by atoms with Gasteiger partial charge < -0.3 is 24.5 Å². The first-order chi connectivity index (χ1) is 19.4. The Morgan fingerprint density at radius 3 is 2.73 bits per heavy atom. The molecule has 1 saturated heterocycles. The van der Waals surface area contributed by atoms with Gasteiger partial charge >= 0.3 is 0 Å². The van der Waals surface area contributed by atoms with Crippen LogP contribution in [0.5, 0.6) is 11.5 Å². The van der Waals surface area contributed by atoms with E-state index in [4.69, 9.17) is 15.9 Å². The number of fused-ring (bicyclic) bond motifs is 5. The fourth-order valence-electron chi connectivity index (χ4n) is 7.69. The molecular weight excluding hydrogens is 500 g/mol. The average molecular weight is 533 g/mol. The minimum atomic E-state index is -1.46. The van der Waals surface area contributed by atoms with Crippen molar-refractivity contribution in [2.24, 2.45) is 0 Å². The maximum Gasteiger partial charge on any atom is 0.224 e. The minimum Gasteiger partial charge on any atom is -0.493 e. The van der Waals surface area contributed by atoms with Crippen LogP contribution in [0.3, 0.4) is 0 Å². The van der Waals surface area contributed by atoms with Gasteiger partial charge in [0.1, 0.15) is 11.6 Å². The summed E-state index contributed by atoms with van der Waals surface area (Å²) in [6.07, 6.45) is 7.52. The molecule has 1 spiro atoms. The number of nitrogens with one attached hydrogen (secondary N) is 1. The molecule has 1 fully saturated rings. The zero-order valence-electron chi connectivity index (χ0n) is 22.7. The van der Waals surface area contributed by atoms with E-state index in [0.717, 1.165) is 38.9 Å². The Kier molecular flexibility index (Phi) is 5.52. The number of likely N-dealkylation sites (tertiary alicyclic amines) is 1. The molecule has 3 heterocycles. The molecule has 4 aromatic rings. The molecule has 6 heteroatoms. The van der Waals surface area contributed by atoms with Crippen molar-refractivity contribution in [1.29, 1.82) is 0 Å². The van der Waals surface area contributed by atoms with E-state index in [1.54, 1.807) is 12.0 Å².